The van der Waals surface area contributed by atoms with Crippen molar-refractivity contribution in [1.29, 1.82) is 0 Å². The van der Waals surface area contributed by atoms with Gasteiger partial charge in [-0.2, -0.15) is 4.31 Å². The molecule has 1 fully saturated rings. The van der Waals surface area contributed by atoms with E-state index in [2.05, 4.69) is 4.90 Å². The number of piperidine rings is 1. The van der Waals surface area contributed by atoms with Crippen molar-refractivity contribution in [2.45, 2.75) is 19.3 Å². The van der Waals surface area contributed by atoms with Gasteiger partial charge in [0, 0.05) is 44.6 Å². The second kappa shape index (κ2) is 9.75. The van der Waals surface area contributed by atoms with Gasteiger partial charge in [-0.3, -0.25) is 9.69 Å². The van der Waals surface area contributed by atoms with Gasteiger partial charge in [0.05, 0.1) is 11.0 Å². The van der Waals surface area contributed by atoms with Crippen molar-refractivity contribution in [3.8, 4) is 0 Å². The van der Waals surface area contributed by atoms with Gasteiger partial charge in [-0.1, -0.05) is 42.5 Å². The minimum absolute atomic E-state index is 0.00278. The Kier molecular flexibility index (Phi) is 6.53. The molecule has 0 spiro atoms. The van der Waals surface area contributed by atoms with Crippen LogP contribution in [-0.4, -0.2) is 61.8 Å². The lowest BCUT2D eigenvalue weighted by atomic mass is 9.96. The molecular weight excluding hydrogens is 462 g/mol. The average Bonchev–Trinajstić information content (AvgIpc) is 3.05. The number of sulfonamides is 1. The number of hydrogen-bond acceptors (Lipinski definition) is 6. The molecule has 0 radical (unpaired) electrons. The molecule has 0 bridgehead atoms. The number of amides is 1. The van der Waals surface area contributed by atoms with Crippen LogP contribution in [0.2, 0.25) is 0 Å². The first-order chi connectivity index (χ1) is 16.9. The van der Waals surface area contributed by atoms with E-state index in [1.807, 2.05) is 61.6 Å². The van der Waals surface area contributed by atoms with Gasteiger partial charge in [0.15, 0.2) is 11.6 Å². The SMILES string of the molecule is CN1CCCN(C(=O)C2CCN(S(=O)(=O)/C=C/c3ccccc3)CC2)c2nc3ccccc3nc21. The van der Waals surface area contributed by atoms with Crippen LogP contribution in [0.4, 0.5) is 11.6 Å². The Morgan fingerprint density at radius 2 is 1.51 bits per heavy atom. The molecule has 2 aromatic carbocycles. The van der Waals surface area contributed by atoms with Gasteiger partial charge < -0.3 is 4.90 Å². The van der Waals surface area contributed by atoms with E-state index < -0.39 is 10.0 Å². The highest BCUT2D eigenvalue weighted by Gasteiger charge is 2.35. The molecule has 0 saturated carbocycles. The number of benzene rings is 2. The quantitative estimate of drug-likeness (QED) is 0.555. The first-order valence-corrected chi connectivity index (χ1v) is 13.5. The molecule has 0 aliphatic carbocycles. The Bertz CT molecular complexity index is 1350. The lowest BCUT2D eigenvalue weighted by molar-refractivity contribution is -0.123. The molecule has 182 valence electrons. The summed E-state index contributed by atoms with van der Waals surface area (Å²) < 4.78 is 27.1. The molecule has 3 aromatic rings. The highest BCUT2D eigenvalue weighted by Crippen LogP contribution is 2.33. The van der Waals surface area contributed by atoms with Crippen LogP contribution >= 0.6 is 0 Å². The fraction of sp³-hybridized carbons (Fsp3) is 0.346. The summed E-state index contributed by atoms with van der Waals surface area (Å²) in [4.78, 5) is 27.1. The van der Waals surface area contributed by atoms with Crippen LogP contribution in [-0.2, 0) is 14.8 Å². The number of carbonyl (C=O) groups is 1. The number of rotatable bonds is 4. The van der Waals surface area contributed by atoms with Gasteiger partial charge >= 0.3 is 0 Å². The largest absolute Gasteiger partial charge is 0.357 e. The third-order valence-electron chi connectivity index (χ3n) is 6.69. The van der Waals surface area contributed by atoms with E-state index in [0.717, 1.165) is 29.6 Å². The number of hydrogen-bond donors (Lipinski definition) is 0. The molecule has 0 N–H and O–H groups in total. The van der Waals surface area contributed by atoms with Crippen molar-refractivity contribution >= 4 is 44.7 Å². The molecule has 1 amide bonds. The van der Waals surface area contributed by atoms with Crippen molar-refractivity contribution in [1.82, 2.24) is 14.3 Å². The van der Waals surface area contributed by atoms with Crippen LogP contribution < -0.4 is 9.80 Å². The molecule has 1 saturated heterocycles. The molecule has 0 atom stereocenters. The van der Waals surface area contributed by atoms with Crippen LogP contribution in [0.3, 0.4) is 0 Å². The number of nitrogens with zero attached hydrogens (tertiary/aromatic N) is 5. The van der Waals surface area contributed by atoms with Crippen LogP contribution in [0, 0.1) is 5.92 Å². The van der Waals surface area contributed by atoms with Gasteiger partial charge in [-0.25, -0.2) is 18.4 Å². The van der Waals surface area contributed by atoms with Crippen LogP contribution in [0.1, 0.15) is 24.8 Å². The number of anilines is 2. The molecule has 9 heteroatoms. The van der Waals surface area contributed by atoms with Gasteiger partial charge in [0.2, 0.25) is 15.9 Å². The van der Waals surface area contributed by atoms with E-state index in [1.54, 1.807) is 11.0 Å². The highest BCUT2D eigenvalue weighted by molar-refractivity contribution is 7.92. The Balaban J connectivity index is 1.32. The smallest absolute Gasteiger partial charge is 0.236 e. The normalized spacial score (nSPS) is 18.1. The van der Waals surface area contributed by atoms with Gasteiger partial charge in [0.1, 0.15) is 0 Å². The predicted molar refractivity (Wildman–Crippen MR) is 138 cm³/mol. The standard InChI is InChI=1S/C26H29N5O3S/c1-29-15-7-16-31(25-24(29)27-22-10-5-6-11-23(22)28-25)26(32)21-12-17-30(18-13-21)35(33,34)19-14-20-8-3-2-4-9-20/h2-6,8-11,14,19,21H,7,12-13,15-18H2,1H3/b19-14+. The summed E-state index contributed by atoms with van der Waals surface area (Å²) in [5.74, 6) is 1.06. The fourth-order valence-corrected chi connectivity index (χ4v) is 5.92. The van der Waals surface area contributed by atoms with Crippen molar-refractivity contribution in [2.24, 2.45) is 5.92 Å². The summed E-state index contributed by atoms with van der Waals surface area (Å²) in [6, 6.07) is 17.0. The minimum atomic E-state index is -3.54. The topological polar surface area (TPSA) is 86.7 Å². The van der Waals surface area contributed by atoms with E-state index in [9.17, 15) is 13.2 Å². The Hall–Kier alpha value is -3.30. The molecule has 5 rings (SSSR count). The van der Waals surface area contributed by atoms with E-state index in [0.29, 0.717) is 44.1 Å². The van der Waals surface area contributed by atoms with Crippen LogP contribution in [0.15, 0.2) is 60.0 Å². The maximum atomic E-state index is 13.6. The van der Waals surface area contributed by atoms with E-state index in [1.165, 1.54) is 9.71 Å². The average molecular weight is 492 g/mol. The summed E-state index contributed by atoms with van der Waals surface area (Å²) in [6.07, 6.45) is 3.40. The number of aromatic nitrogens is 2. The number of carbonyl (C=O) groups excluding carboxylic acids is 1. The zero-order valence-electron chi connectivity index (χ0n) is 19.7. The van der Waals surface area contributed by atoms with Crippen molar-refractivity contribution in [2.75, 3.05) is 43.0 Å². The predicted octanol–water partition coefficient (Wildman–Crippen LogP) is 3.52. The number of fused-ring (bicyclic) bond motifs is 2. The zero-order chi connectivity index (χ0) is 24.4. The Morgan fingerprint density at radius 1 is 0.886 bits per heavy atom. The third kappa shape index (κ3) is 4.92. The van der Waals surface area contributed by atoms with E-state index >= 15 is 0 Å². The molecule has 8 nitrogen and oxygen atoms in total. The Labute approximate surface area is 205 Å². The number of para-hydroxylation sites is 2. The molecule has 2 aliphatic heterocycles. The zero-order valence-corrected chi connectivity index (χ0v) is 20.6. The van der Waals surface area contributed by atoms with Gasteiger partial charge in [-0.15, -0.1) is 0 Å². The maximum absolute atomic E-state index is 13.6. The van der Waals surface area contributed by atoms with Crippen molar-refractivity contribution < 1.29 is 13.2 Å². The van der Waals surface area contributed by atoms with E-state index in [4.69, 9.17) is 9.97 Å². The van der Waals surface area contributed by atoms with E-state index in [-0.39, 0.29) is 11.8 Å². The summed E-state index contributed by atoms with van der Waals surface area (Å²) in [6.45, 7) is 2.00. The van der Waals surface area contributed by atoms with Gasteiger partial charge in [-0.05, 0) is 43.0 Å². The fourth-order valence-electron chi connectivity index (χ4n) is 4.70. The van der Waals surface area contributed by atoms with Crippen molar-refractivity contribution in [3.05, 3.63) is 65.6 Å². The summed E-state index contributed by atoms with van der Waals surface area (Å²) in [5.41, 5.74) is 2.39. The molecule has 0 unspecified atom stereocenters. The summed E-state index contributed by atoms with van der Waals surface area (Å²) in [7, 11) is -1.57. The van der Waals surface area contributed by atoms with Crippen molar-refractivity contribution in [3.63, 3.8) is 0 Å². The molecular formula is C26H29N5O3S. The highest BCUT2D eigenvalue weighted by atomic mass is 32.2. The van der Waals surface area contributed by atoms with Crippen LogP contribution in [0.5, 0.6) is 0 Å². The maximum Gasteiger partial charge on any atom is 0.236 e. The lowest BCUT2D eigenvalue weighted by Crippen LogP contribution is -2.44. The molecule has 1 aromatic heterocycles. The first-order valence-electron chi connectivity index (χ1n) is 11.9. The van der Waals surface area contributed by atoms with Gasteiger partial charge in [0.25, 0.3) is 0 Å². The summed E-state index contributed by atoms with van der Waals surface area (Å²) >= 11 is 0. The molecule has 3 heterocycles. The summed E-state index contributed by atoms with van der Waals surface area (Å²) in [5, 5.41) is 1.26. The third-order valence-corrected chi connectivity index (χ3v) is 8.25. The second-order valence-corrected chi connectivity index (χ2v) is 10.9. The minimum Gasteiger partial charge on any atom is -0.357 e. The monoisotopic (exact) mass is 491 g/mol. The second-order valence-electron chi connectivity index (χ2n) is 9.06. The van der Waals surface area contributed by atoms with Crippen LogP contribution in [0.25, 0.3) is 17.1 Å². The first kappa shape index (κ1) is 23.4. The molecule has 2 aliphatic rings. The molecule has 35 heavy (non-hydrogen) atoms. The lowest BCUT2D eigenvalue weighted by Gasteiger charge is -2.32. The Morgan fingerprint density at radius 3 is 2.20 bits per heavy atom.